The number of hydrogen-bond acceptors (Lipinski definition) is 2. The molecule has 0 spiro atoms. The third kappa shape index (κ3) is 3.97. The first-order valence-electron chi connectivity index (χ1n) is 5.84. The van der Waals surface area contributed by atoms with Crippen molar-refractivity contribution in [1.82, 2.24) is 0 Å². The molecule has 0 saturated carbocycles. The first-order chi connectivity index (χ1) is 7.93. The molecule has 1 aromatic rings. The minimum Gasteiger partial charge on any atom is -0.485 e. The van der Waals surface area contributed by atoms with Crippen molar-refractivity contribution in [2.24, 2.45) is 5.73 Å². The second-order valence-electron chi connectivity index (χ2n) is 4.43. The van der Waals surface area contributed by atoms with Crippen molar-refractivity contribution in [3.63, 3.8) is 0 Å². The predicted octanol–water partition coefficient (Wildman–Crippen LogP) is 3.03. The molecule has 4 heteroatoms. The summed E-state index contributed by atoms with van der Waals surface area (Å²) in [6, 6.07) is 2.50. The van der Waals surface area contributed by atoms with E-state index in [1.165, 1.54) is 12.1 Å². The Kier molecular flexibility index (Phi) is 4.87. The van der Waals surface area contributed by atoms with E-state index in [0.29, 0.717) is 12.0 Å². The van der Waals surface area contributed by atoms with Crippen LogP contribution in [0.15, 0.2) is 12.1 Å². The standard InChI is InChI=1S/C13H19F2NO/c1-4-10(16)5-9-6-11(14)13(12(15)7-9)17-8(2)3/h6-8,10H,4-5,16H2,1-3H3. The highest BCUT2D eigenvalue weighted by Gasteiger charge is 2.14. The van der Waals surface area contributed by atoms with E-state index in [1.54, 1.807) is 13.8 Å². The van der Waals surface area contributed by atoms with Crippen LogP contribution in [0.2, 0.25) is 0 Å². The third-order valence-electron chi connectivity index (χ3n) is 2.43. The number of benzene rings is 1. The Balaban J connectivity index is 2.92. The van der Waals surface area contributed by atoms with Crippen molar-refractivity contribution < 1.29 is 13.5 Å². The highest BCUT2D eigenvalue weighted by atomic mass is 19.1. The molecular weight excluding hydrogens is 224 g/mol. The summed E-state index contributed by atoms with van der Waals surface area (Å²) in [5.41, 5.74) is 6.31. The number of hydrogen-bond donors (Lipinski definition) is 1. The smallest absolute Gasteiger partial charge is 0.191 e. The van der Waals surface area contributed by atoms with E-state index < -0.39 is 11.6 Å². The zero-order chi connectivity index (χ0) is 13.0. The molecule has 2 nitrogen and oxygen atoms in total. The van der Waals surface area contributed by atoms with Gasteiger partial charge in [0.1, 0.15) is 0 Å². The van der Waals surface area contributed by atoms with Gasteiger partial charge in [-0.1, -0.05) is 6.92 Å². The van der Waals surface area contributed by atoms with Gasteiger partial charge in [-0.25, -0.2) is 8.78 Å². The van der Waals surface area contributed by atoms with Crippen LogP contribution in [0.5, 0.6) is 5.75 Å². The molecule has 0 aliphatic heterocycles. The fraction of sp³-hybridized carbons (Fsp3) is 0.538. The second kappa shape index (κ2) is 5.96. The normalized spacial score (nSPS) is 12.9. The van der Waals surface area contributed by atoms with Crippen molar-refractivity contribution in [2.75, 3.05) is 0 Å². The van der Waals surface area contributed by atoms with Gasteiger partial charge in [0.15, 0.2) is 17.4 Å². The molecule has 1 aromatic carbocycles. The van der Waals surface area contributed by atoms with E-state index in [-0.39, 0.29) is 17.9 Å². The number of halogens is 2. The van der Waals surface area contributed by atoms with Crippen LogP contribution >= 0.6 is 0 Å². The molecule has 0 fully saturated rings. The van der Waals surface area contributed by atoms with Gasteiger partial charge in [0.05, 0.1) is 6.10 Å². The van der Waals surface area contributed by atoms with Gasteiger partial charge in [-0.05, 0) is 44.4 Å². The molecule has 1 unspecified atom stereocenters. The Morgan fingerprint density at radius 2 is 1.76 bits per heavy atom. The van der Waals surface area contributed by atoms with Crippen molar-refractivity contribution in [3.8, 4) is 5.75 Å². The van der Waals surface area contributed by atoms with Gasteiger partial charge in [0.2, 0.25) is 0 Å². The topological polar surface area (TPSA) is 35.2 Å². The summed E-state index contributed by atoms with van der Waals surface area (Å²) >= 11 is 0. The lowest BCUT2D eigenvalue weighted by Crippen LogP contribution is -2.21. The average Bonchev–Trinajstić information content (AvgIpc) is 2.23. The fourth-order valence-corrected chi connectivity index (χ4v) is 1.53. The van der Waals surface area contributed by atoms with Crippen LogP contribution in [0.4, 0.5) is 8.78 Å². The van der Waals surface area contributed by atoms with Gasteiger partial charge in [-0.2, -0.15) is 0 Å². The van der Waals surface area contributed by atoms with Crippen LogP contribution in [0.25, 0.3) is 0 Å². The molecule has 96 valence electrons. The Labute approximate surface area is 101 Å². The number of ether oxygens (including phenoxy) is 1. The zero-order valence-corrected chi connectivity index (χ0v) is 10.5. The largest absolute Gasteiger partial charge is 0.485 e. The summed E-state index contributed by atoms with van der Waals surface area (Å²) in [5, 5.41) is 0. The van der Waals surface area contributed by atoms with E-state index in [2.05, 4.69) is 0 Å². The Hall–Kier alpha value is -1.16. The van der Waals surface area contributed by atoms with Crippen molar-refractivity contribution in [3.05, 3.63) is 29.3 Å². The number of rotatable bonds is 5. The SMILES string of the molecule is CCC(N)Cc1cc(F)c(OC(C)C)c(F)c1. The Morgan fingerprint density at radius 1 is 1.24 bits per heavy atom. The molecule has 0 radical (unpaired) electrons. The van der Waals surface area contributed by atoms with Gasteiger partial charge in [-0.15, -0.1) is 0 Å². The molecule has 1 rings (SSSR count). The van der Waals surface area contributed by atoms with E-state index in [9.17, 15) is 8.78 Å². The van der Waals surface area contributed by atoms with Crippen LogP contribution in [0.3, 0.4) is 0 Å². The maximum Gasteiger partial charge on any atom is 0.191 e. The maximum atomic E-state index is 13.6. The molecule has 0 aliphatic rings. The minimum absolute atomic E-state index is 0.0781. The first-order valence-corrected chi connectivity index (χ1v) is 5.84. The molecule has 0 amide bonds. The summed E-state index contributed by atoms with van der Waals surface area (Å²) in [7, 11) is 0. The predicted molar refractivity (Wildman–Crippen MR) is 64.1 cm³/mol. The van der Waals surface area contributed by atoms with Gasteiger partial charge in [-0.3, -0.25) is 0 Å². The molecule has 0 saturated heterocycles. The lowest BCUT2D eigenvalue weighted by atomic mass is 10.0. The molecule has 2 N–H and O–H groups in total. The van der Waals surface area contributed by atoms with Crippen LogP contribution < -0.4 is 10.5 Å². The van der Waals surface area contributed by atoms with E-state index in [0.717, 1.165) is 6.42 Å². The monoisotopic (exact) mass is 243 g/mol. The van der Waals surface area contributed by atoms with E-state index in [1.807, 2.05) is 6.92 Å². The van der Waals surface area contributed by atoms with Gasteiger partial charge >= 0.3 is 0 Å². The van der Waals surface area contributed by atoms with Crippen molar-refractivity contribution >= 4 is 0 Å². The van der Waals surface area contributed by atoms with Crippen LogP contribution in [0, 0.1) is 11.6 Å². The number of nitrogens with two attached hydrogens (primary N) is 1. The molecule has 0 aromatic heterocycles. The zero-order valence-electron chi connectivity index (χ0n) is 10.5. The highest BCUT2D eigenvalue weighted by Crippen LogP contribution is 2.25. The lowest BCUT2D eigenvalue weighted by Gasteiger charge is -2.14. The summed E-state index contributed by atoms with van der Waals surface area (Å²) in [4.78, 5) is 0. The summed E-state index contributed by atoms with van der Waals surface area (Å²) in [6.07, 6.45) is 0.975. The Morgan fingerprint density at radius 3 is 2.18 bits per heavy atom. The molecular formula is C13H19F2NO. The summed E-state index contributed by atoms with van der Waals surface area (Å²) in [5.74, 6) is -1.65. The average molecular weight is 243 g/mol. The fourth-order valence-electron chi connectivity index (χ4n) is 1.53. The molecule has 17 heavy (non-hydrogen) atoms. The van der Waals surface area contributed by atoms with E-state index in [4.69, 9.17) is 10.5 Å². The quantitative estimate of drug-likeness (QED) is 0.862. The molecule has 0 aliphatic carbocycles. The van der Waals surface area contributed by atoms with E-state index >= 15 is 0 Å². The molecule has 1 atom stereocenters. The van der Waals surface area contributed by atoms with Gasteiger partial charge in [0, 0.05) is 6.04 Å². The van der Waals surface area contributed by atoms with Crippen molar-refractivity contribution in [2.45, 2.75) is 45.8 Å². The highest BCUT2D eigenvalue weighted by molar-refractivity contribution is 5.32. The van der Waals surface area contributed by atoms with Gasteiger partial charge < -0.3 is 10.5 Å². The maximum absolute atomic E-state index is 13.6. The third-order valence-corrected chi connectivity index (χ3v) is 2.43. The van der Waals surface area contributed by atoms with Crippen molar-refractivity contribution in [1.29, 1.82) is 0 Å². The minimum atomic E-state index is -0.669. The van der Waals surface area contributed by atoms with Gasteiger partial charge in [0.25, 0.3) is 0 Å². The Bertz CT molecular complexity index is 357. The van der Waals surface area contributed by atoms with Crippen LogP contribution in [-0.2, 0) is 6.42 Å². The molecule has 0 heterocycles. The summed E-state index contributed by atoms with van der Waals surface area (Å²) < 4.78 is 32.3. The van der Waals surface area contributed by atoms with Crippen LogP contribution in [0.1, 0.15) is 32.8 Å². The molecule has 0 bridgehead atoms. The first kappa shape index (κ1) is 13.9. The lowest BCUT2D eigenvalue weighted by molar-refractivity contribution is 0.219. The second-order valence-corrected chi connectivity index (χ2v) is 4.43. The summed E-state index contributed by atoms with van der Waals surface area (Å²) in [6.45, 7) is 5.38. The van der Waals surface area contributed by atoms with Crippen LogP contribution in [-0.4, -0.2) is 12.1 Å².